The first-order chi connectivity index (χ1) is 8.19. The average molecular weight is 275 g/mol. The van der Waals surface area contributed by atoms with E-state index in [1.807, 2.05) is 6.26 Å². The van der Waals surface area contributed by atoms with Crippen LogP contribution in [0.5, 0.6) is 0 Å². The molecule has 1 amide bonds. The third-order valence-electron chi connectivity index (χ3n) is 2.20. The summed E-state index contributed by atoms with van der Waals surface area (Å²) < 4.78 is 0. The van der Waals surface area contributed by atoms with Gasteiger partial charge < -0.3 is 10.4 Å². The molecule has 0 aromatic carbocycles. The maximum absolute atomic E-state index is 11.9. The van der Waals surface area contributed by atoms with Crippen molar-refractivity contribution in [1.29, 1.82) is 0 Å². The van der Waals surface area contributed by atoms with Crippen LogP contribution >= 0.6 is 23.4 Å². The smallest absolute Gasteiger partial charge is 0.253 e. The summed E-state index contributed by atoms with van der Waals surface area (Å²) in [7, 11) is 0. The minimum absolute atomic E-state index is 0.0493. The van der Waals surface area contributed by atoms with Gasteiger partial charge in [0.25, 0.3) is 5.91 Å². The molecule has 0 saturated carbocycles. The van der Waals surface area contributed by atoms with Crippen LogP contribution in [0.15, 0.2) is 18.5 Å². The molecule has 1 heterocycles. The number of carbonyl (C=O) groups excluding carboxylic acids is 1. The number of nitrogens with one attached hydrogen (secondary N) is 1. The summed E-state index contributed by atoms with van der Waals surface area (Å²) in [5.41, 5.74) is 0.408. The van der Waals surface area contributed by atoms with Gasteiger partial charge in [0.2, 0.25) is 0 Å². The van der Waals surface area contributed by atoms with Crippen molar-refractivity contribution in [2.75, 3.05) is 18.6 Å². The SMILES string of the molecule is CSCC(CCO)NC(=O)c1ccncc1Cl. The fourth-order valence-corrected chi connectivity index (χ4v) is 2.23. The highest BCUT2D eigenvalue weighted by Crippen LogP contribution is 2.13. The van der Waals surface area contributed by atoms with Gasteiger partial charge in [-0.3, -0.25) is 9.78 Å². The van der Waals surface area contributed by atoms with E-state index >= 15 is 0 Å². The molecule has 0 bridgehead atoms. The van der Waals surface area contributed by atoms with Crippen molar-refractivity contribution >= 4 is 29.3 Å². The van der Waals surface area contributed by atoms with Crippen molar-refractivity contribution in [2.45, 2.75) is 12.5 Å². The highest BCUT2D eigenvalue weighted by molar-refractivity contribution is 7.98. The zero-order chi connectivity index (χ0) is 12.7. The molecule has 0 radical (unpaired) electrons. The van der Waals surface area contributed by atoms with Crippen molar-refractivity contribution in [3.8, 4) is 0 Å². The molecule has 1 unspecified atom stereocenters. The second-order valence-corrected chi connectivity index (χ2v) is 4.81. The van der Waals surface area contributed by atoms with Crippen molar-refractivity contribution in [1.82, 2.24) is 10.3 Å². The van der Waals surface area contributed by atoms with Gasteiger partial charge >= 0.3 is 0 Å². The Kier molecular flexibility index (Phi) is 6.32. The molecule has 2 N–H and O–H groups in total. The van der Waals surface area contributed by atoms with Gasteiger partial charge in [-0.2, -0.15) is 11.8 Å². The van der Waals surface area contributed by atoms with Gasteiger partial charge in [-0.15, -0.1) is 0 Å². The zero-order valence-corrected chi connectivity index (χ0v) is 11.1. The molecule has 0 fully saturated rings. The predicted molar refractivity (Wildman–Crippen MR) is 70.6 cm³/mol. The predicted octanol–water partition coefficient (Wildman–Crippen LogP) is 1.58. The average Bonchev–Trinajstić information content (AvgIpc) is 2.30. The number of amides is 1. The van der Waals surface area contributed by atoms with Crippen LogP contribution in [-0.2, 0) is 0 Å². The van der Waals surface area contributed by atoms with Crippen LogP contribution in [0.1, 0.15) is 16.8 Å². The van der Waals surface area contributed by atoms with Crippen LogP contribution < -0.4 is 5.32 Å². The Labute approximate surface area is 110 Å². The van der Waals surface area contributed by atoms with Gasteiger partial charge in [-0.1, -0.05) is 11.6 Å². The number of aliphatic hydroxyl groups excluding tert-OH is 1. The van der Waals surface area contributed by atoms with Crippen LogP contribution in [0.3, 0.4) is 0 Å². The molecule has 0 saturated heterocycles. The standard InChI is InChI=1S/C11H15ClN2O2S/c1-17-7-8(3-5-15)14-11(16)9-2-4-13-6-10(9)12/h2,4,6,8,15H,3,5,7H2,1H3,(H,14,16). The number of halogens is 1. The molecule has 0 aliphatic rings. The lowest BCUT2D eigenvalue weighted by Crippen LogP contribution is -2.37. The van der Waals surface area contributed by atoms with Crippen molar-refractivity contribution in [2.24, 2.45) is 0 Å². The van der Waals surface area contributed by atoms with Gasteiger partial charge in [-0.05, 0) is 18.7 Å². The molecular weight excluding hydrogens is 260 g/mol. The second kappa shape index (κ2) is 7.53. The minimum Gasteiger partial charge on any atom is -0.396 e. The lowest BCUT2D eigenvalue weighted by molar-refractivity contribution is 0.0935. The van der Waals surface area contributed by atoms with Crippen molar-refractivity contribution in [3.05, 3.63) is 29.0 Å². The summed E-state index contributed by atoms with van der Waals surface area (Å²) in [5, 5.41) is 12.1. The van der Waals surface area contributed by atoms with E-state index in [-0.39, 0.29) is 18.6 Å². The maximum atomic E-state index is 11.9. The first-order valence-corrected chi connectivity index (χ1v) is 6.96. The Morgan fingerprint density at radius 1 is 1.71 bits per heavy atom. The van der Waals surface area contributed by atoms with Gasteiger partial charge in [-0.25, -0.2) is 0 Å². The molecule has 6 heteroatoms. The third-order valence-corrected chi connectivity index (χ3v) is 3.23. The number of hydrogen-bond acceptors (Lipinski definition) is 4. The minimum atomic E-state index is -0.232. The lowest BCUT2D eigenvalue weighted by atomic mass is 10.2. The summed E-state index contributed by atoms with van der Waals surface area (Å²) in [4.78, 5) is 15.7. The van der Waals surface area contributed by atoms with Gasteiger partial charge in [0.15, 0.2) is 0 Å². The second-order valence-electron chi connectivity index (χ2n) is 3.49. The van der Waals surface area contributed by atoms with Crippen molar-refractivity contribution < 1.29 is 9.90 Å². The highest BCUT2D eigenvalue weighted by atomic mass is 35.5. The van der Waals surface area contributed by atoms with Crippen LogP contribution in [0.25, 0.3) is 0 Å². The Hall–Kier alpha value is -0.780. The lowest BCUT2D eigenvalue weighted by Gasteiger charge is -2.16. The number of pyridine rings is 1. The van der Waals surface area contributed by atoms with E-state index in [0.29, 0.717) is 17.0 Å². The van der Waals surface area contributed by atoms with E-state index in [0.717, 1.165) is 5.75 Å². The fourth-order valence-electron chi connectivity index (χ4n) is 1.38. The van der Waals surface area contributed by atoms with E-state index in [9.17, 15) is 4.79 Å². The third kappa shape index (κ3) is 4.53. The molecule has 4 nitrogen and oxygen atoms in total. The van der Waals surface area contributed by atoms with E-state index in [1.54, 1.807) is 17.8 Å². The Morgan fingerprint density at radius 2 is 2.47 bits per heavy atom. The number of aromatic nitrogens is 1. The van der Waals surface area contributed by atoms with E-state index in [1.165, 1.54) is 12.4 Å². The quantitative estimate of drug-likeness (QED) is 0.827. The molecule has 0 spiro atoms. The summed E-state index contributed by atoms with van der Waals surface area (Å²) in [6, 6.07) is 1.53. The molecule has 17 heavy (non-hydrogen) atoms. The molecule has 1 aromatic heterocycles. The summed E-state index contributed by atoms with van der Waals surface area (Å²) >= 11 is 7.50. The van der Waals surface area contributed by atoms with Crippen LogP contribution in [0.4, 0.5) is 0 Å². The Morgan fingerprint density at radius 3 is 3.06 bits per heavy atom. The number of hydrogen-bond donors (Lipinski definition) is 2. The van der Waals surface area contributed by atoms with Crippen LogP contribution in [-0.4, -0.2) is 40.7 Å². The first-order valence-electron chi connectivity index (χ1n) is 5.19. The summed E-state index contributed by atoms with van der Waals surface area (Å²) in [5.74, 6) is 0.527. The van der Waals surface area contributed by atoms with Gasteiger partial charge in [0, 0.05) is 30.8 Å². The van der Waals surface area contributed by atoms with Crippen LogP contribution in [0.2, 0.25) is 5.02 Å². The number of nitrogens with zero attached hydrogens (tertiary/aromatic N) is 1. The van der Waals surface area contributed by atoms with Gasteiger partial charge in [0.1, 0.15) is 0 Å². The van der Waals surface area contributed by atoms with E-state index < -0.39 is 0 Å². The molecular formula is C11H15ClN2O2S. The normalized spacial score (nSPS) is 12.2. The monoisotopic (exact) mass is 274 g/mol. The number of thioether (sulfide) groups is 1. The summed E-state index contributed by atoms with van der Waals surface area (Å²) in [6.45, 7) is 0.0512. The van der Waals surface area contributed by atoms with Crippen molar-refractivity contribution in [3.63, 3.8) is 0 Å². The molecule has 0 aliphatic carbocycles. The fraction of sp³-hybridized carbons (Fsp3) is 0.455. The Balaban J connectivity index is 2.67. The highest BCUT2D eigenvalue weighted by Gasteiger charge is 2.15. The van der Waals surface area contributed by atoms with Gasteiger partial charge in [0.05, 0.1) is 10.6 Å². The molecule has 1 rings (SSSR count). The van der Waals surface area contributed by atoms with E-state index in [2.05, 4.69) is 10.3 Å². The number of aliphatic hydroxyl groups is 1. The first kappa shape index (κ1) is 14.3. The van der Waals surface area contributed by atoms with E-state index in [4.69, 9.17) is 16.7 Å². The number of rotatable bonds is 6. The Bertz CT molecular complexity index is 370. The number of carbonyl (C=O) groups is 1. The molecule has 0 aliphatic heterocycles. The molecule has 1 aromatic rings. The van der Waals surface area contributed by atoms with Crippen LogP contribution in [0, 0.1) is 0 Å². The topological polar surface area (TPSA) is 62.2 Å². The molecule has 94 valence electrons. The zero-order valence-electron chi connectivity index (χ0n) is 9.52. The molecule has 1 atom stereocenters. The maximum Gasteiger partial charge on any atom is 0.253 e. The summed E-state index contributed by atoms with van der Waals surface area (Å²) in [6.07, 6.45) is 5.45. The largest absolute Gasteiger partial charge is 0.396 e.